The molecular weight excluding hydrogens is 356 g/mol. The number of aromatic nitrogens is 4. The third kappa shape index (κ3) is 4.21. The molecule has 1 saturated heterocycles. The Morgan fingerprint density at radius 3 is 2.93 bits per heavy atom. The van der Waals surface area contributed by atoms with Crippen LogP contribution in [0.15, 0.2) is 24.5 Å². The summed E-state index contributed by atoms with van der Waals surface area (Å²) in [7, 11) is 0. The molecule has 1 aliphatic carbocycles. The number of aromatic amines is 1. The van der Waals surface area contributed by atoms with Gasteiger partial charge in [0.05, 0.1) is 5.92 Å². The molecule has 2 aliphatic rings. The maximum absolute atomic E-state index is 12.6. The molecule has 0 bridgehead atoms. The van der Waals surface area contributed by atoms with Crippen molar-refractivity contribution in [3.05, 3.63) is 30.4 Å². The summed E-state index contributed by atoms with van der Waals surface area (Å²) in [6.07, 6.45) is 9.64. The molecule has 2 aromatic rings. The molecule has 8 heteroatoms. The topological polar surface area (TPSA) is 104 Å². The third-order valence-corrected chi connectivity index (χ3v) is 5.69. The molecule has 0 aromatic carbocycles. The van der Waals surface area contributed by atoms with E-state index in [1.54, 1.807) is 12.4 Å². The smallest absolute Gasteiger partial charge is 0.224 e. The fourth-order valence-electron chi connectivity index (χ4n) is 4.13. The Morgan fingerprint density at radius 1 is 1.29 bits per heavy atom. The van der Waals surface area contributed by atoms with E-state index in [0.717, 1.165) is 24.2 Å². The van der Waals surface area contributed by atoms with Crippen molar-refractivity contribution in [3.8, 4) is 11.4 Å². The number of H-pyrrole nitrogens is 1. The molecule has 2 aromatic heterocycles. The molecule has 2 N–H and O–H groups in total. The van der Waals surface area contributed by atoms with E-state index in [0.29, 0.717) is 44.2 Å². The summed E-state index contributed by atoms with van der Waals surface area (Å²) in [4.78, 5) is 35.3. The van der Waals surface area contributed by atoms with Gasteiger partial charge < -0.3 is 10.2 Å². The van der Waals surface area contributed by atoms with Gasteiger partial charge in [0.1, 0.15) is 5.82 Å². The van der Waals surface area contributed by atoms with Crippen LogP contribution in [0.3, 0.4) is 0 Å². The van der Waals surface area contributed by atoms with E-state index in [1.807, 2.05) is 17.0 Å². The Bertz CT molecular complexity index is 815. The van der Waals surface area contributed by atoms with Crippen LogP contribution in [0.25, 0.3) is 11.4 Å². The van der Waals surface area contributed by atoms with Crippen LogP contribution < -0.4 is 5.32 Å². The van der Waals surface area contributed by atoms with E-state index in [1.165, 1.54) is 12.8 Å². The molecular formula is C20H26N6O2. The molecule has 1 atom stereocenters. The van der Waals surface area contributed by atoms with Gasteiger partial charge in [-0.05, 0) is 31.4 Å². The lowest BCUT2D eigenvalue weighted by molar-refractivity contribution is -0.140. The largest absolute Gasteiger partial charge is 0.355 e. The number of piperidine rings is 1. The molecule has 3 heterocycles. The Labute approximate surface area is 164 Å². The molecule has 148 valence electrons. The lowest BCUT2D eigenvalue weighted by Gasteiger charge is -2.36. The SMILES string of the molecule is O=C(NCCc1nc(-c2cccnc2)n[nH]1)[C@@H]1CCC(=O)N(C2CCCC2)C1. The number of pyridine rings is 1. The number of rotatable bonds is 6. The van der Waals surface area contributed by atoms with Crippen molar-refractivity contribution in [3.63, 3.8) is 0 Å². The molecule has 8 nitrogen and oxygen atoms in total. The fraction of sp³-hybridized carbons (Fsp3) is 0.550. The van der Waals surface area contributed by atoms with E-state index < -0.39 is 0 Å². The Hall–Kier alpha value is -2.77. The molecule has 4 rings (SSSR count). The van der Waals surface area contributed by atoms with E-state index in [9.17, 15) is 9.59 Å². The Morgan fingerprint density at radius 2 is 2.14 bits per heavy atom. The number of amides is 2. The highest BCUT2D eigenvalue weighted by Gasteiger charge is 2.34. The zero-order valence-corrected chi connectivity index (χ0v) is 15.9. The van der Waals surface area contributed by atoms with Gasteiger partial charge in [-0.15, -0.1) is 0 Å². The van der Waals surface area contributed by atoms with Gasteiger partial charge in [0.15, 0.2) is 5.82 Å². The van der Waals surface area contributed by atoms with Crippen LogP contribution in [-0.4, -0.2) is 56.0 Å². The van der Waals surface area contributed by atoms with Gasteiger partial charge in [0.25, 0.3) is 0 Å². The first kappa shape index (κ1) is 18.6. The van der Waals surface area contributed by atoms with Crippen LogP contribution in [0.1, 0.15) is 44.3 Å². The molecule has 0 unspecified atom stereocenters. The number of nitrogens with zero attached hydrogens (tertiary/aromatic N) is 4. The number of nitrogens with one attached hydrogen (secondary N) is 2. The Kier molecular flexibility index (Phi) is 5.64. The van der Waals surface area contributed by atoms with Gasteiger partial charge in [-0.25, -0.2) is 4.98 Å². The van der Waals surface area contributed by atoms with Gasteiger partial charge in [-0.3, -0.25) is 19.7 Å². The van der Waals surface area contributed by atoms with Crippen molar-refractivity contribution in [1.82, 2.24) is 30.4 Å². The fourth-order valence-corrected chi connectivity index (χ4v) is 4.13. The van der Waals surface area contributed by atoms with Gasteiger partial charge >= 0.3 is 0 Å². The van der Waals surface area contributed by atoms with E-state index in [-0.39, 0.29) is 17.7 Å². The van der Waals surface area contributed by atoms with Crippen molar-refractivity contribution in [2.75, 3.05) is 13.1 Å². The molecule has 1 saturated carbocycles. The van der Waals surface area contributed by atoms with Crippen LogP contribution in [0.2, 0.25) is 0 Å². The molecule has 0 spiro atoms. The second kappa shape index (κ2) is 8.50. The zero-order chi connectivity index (χ0) is 19.3. The van der Waals surface area contributed by atoms with Gasteiger partial charge in [0, 0.05) is 49.9 Å². The summed E-state index contributed by atoms with van der Waals surface area (Å²) in [6, 6.07) is 4.08. The lowest BCUT2D eigenvalue weighted by atomic mass is 9.95. The van der Waals surface area contributed by atoms with Crippen molar-refractivity contribution in [1.29, 1.82) is 0 Å². The maximum atomic E-state index is 12.6. The molecule has 0 radical (unpaired) electrons. The predicted octanol–water partition coefficient (Wildman–Crippen LogP) is 1.71. The normalized spacial score (nSPS) is 20.5. The monoisotopic (exact) mass is 382 g/mol. The number of hydrogen-bond donors (Lipinski definition) is 2. The van der Waals surface area contributed by atoms with Crippen molar-refractivity contribution < 1.29 is 9.59 Å². The number of carbonyl (C=O) groups is 2. The van der Waals surface area contributed by atoms with Crippen molar-refractivity contribution >= 4 is 11.8 Å². The summed E-state index contributed by atoms with van der Waals surface area (Å²) < 4.78 is 0. The van der Waals surface area contributed by atoms with Crippen LogP contribution in [0, 0.1) is 5.92 Å². The van der Waals surface area contributed by atoms with Crippen LogP contribution in [0.5, 0.6) is 0 Å². The number of likely N-dealkylation sites (tertiary alicyclic amines) is 1. The average Bonchev–Trinajstić information content (AvgIpc) is 3.41. The minimum atomic E-state index is -0.112. The Balaban J connectivity index is 1.26. The standard InChI is InChI=1S/C20H26N6O2/c27-18-8-7-15(13-26(18)16-5-1-2-6-16)20(28)22-11-9-17-23-19(25-24-17)14-4-3-10-21-12-14/h3-4,10,12,15-16H,1-2,5-9,11,13H2,(H,22,28)(H,23,24,25)/t15-/m1/s1. The van der Waals surface area contributed by atoms with Gasteiger partial charge in [0.2, 0.25) is 11.8 Å². The van der Waals surface area contributed by atoms with Gasteiger partial charge in [-0.1, -0.05) is 12.8 Å². The summed E-state index contributed by atoms with van der Waals surface area (Å²) in [5, 5.41) is 10.1. The zero-order valence-electron chi connectivity index (χ0n) is 15.9. The van der Waals surface area contributed by atoms with Gasteiger partial charge in [-0.2, -0.15) is 5.10 Å². The minimum absolute atomic E-state index is 0.0301. The van der Waals surface area contributed by atoms with E-state index >= 15 is 0 Å². The highest BCUT2D eigenvalue weighted by Crippen LogP contribution is 2.28. The summed E-state index contributed by atoms with van der Waals surface area (Å²) in [5.74, 6) is 1.46. The van der Waals surface area contributed by atoms with Crippen LogP contribution in [0.4, 0.5) is 0 Å². The highest BCUT2D eigenvalue weighted by molar-refractivity contribution is 5.84. The summed E-state index contributed by atoms with van der Waals surface area (Å²) >= 11 is 0. The van der Waals surface area contributed by atoms with Crippen LogP contribution in [-0.2, 0) is 16.0 Å². The third-order valence-electron chi connectivity index (χ3n) is 5.69. The highest BCUT2D eigenvalue weighted by atomic mass is 16.2. The van der Waals surface area contributed by atoms with E-state index in [4.69, 9.17) is 0 Å². The van der Waals surface area contributed by atoms with Crippen LogP contribution >= 0.6 is 0 Å². The molecule has 1 aliphatic heterocycles. The molecule has 28 heavy (non-hydrogen) atoms. The first-order chi connectivity index (χ1) is 13.7. The summed E-state index contributed by atoms with van der Waals surface area (Å²) in [6.45, 7) is 1.05. The maximum Gasteiger partial charge on any atom is 0.224 e. The van der Waals surface area contributed by atoms with E-state index in [2.05, 4.69) is 25.5 Å². The first-order valence-corrected chi connectivity index (χ1v) is 10.1. The number of carbonyl (C=O) groups excluding carboxylic acids is 2. The predicted molar refractivity (Wildman–Crippen MR) is 103 cm³/mol. The number of hydrogen-bond acceptors (Lipinski definition) is 5. The second-order valence-corrected chi connectivity index (χ2v) is 7.61. The van der Waals surface area contributed by atoms with Crippen molar-refractivity contribution in [2.45, 2.75) is 51.0 Å². The first-order valence-electron chi connectivity index (χ1n) is 10.1. The summed E-state index contributed by atoms with van der Waals surface area (Å²) in [5.41, 5.74) is 0.855. The molecule has 2 fully saturated rings. The quantitative estimate of drug-likeness (QED) is 0.791. The lowest BCUT2D eigenvalue weighted by Crippen LogP contribution is -2.49. The average molecular weight is 382 g/mol. The van der Waals surface area contributed by atoms with Crippen molar-refractivity contribution in [2.24, 2.45) is 5.92 Å². The minimum Gasteiger partial charge on any atom is -0.355 e. The second-order valence-electron chi connectivity index (χ2n) is 7.61. The molecule has 2 amide bonds.